The fourth-order valence-electron chi connectivity index (χ4n) is 1.98. The molecule has 0 fully saturated rings. The van der Waals surface area contributed by atoms with Gasteiger partial charge in [-0.05, 0) is 29.8 Å². The second-order valence-electron chi connectivity index (χ2n) is 4.66. The van der Waals surface area contributed by atoms with Crippen molar-refractivity contribution in [3.8, 4) is 11.5 Å². The molecule has 1 amide bonds. The average Bonchev–Trinajstić information content (AvgIpc) is 3.13. The summed E-state index contributed by atoms with van der Waals surface area (Å²) >= 11 is 9.00. The van der Waals surface area contributed by atoms with Crippen LogP contribution in [0.3, 0.4) is 0 Å². The van der Waals surface area contributed by atoms with Crippen LogP contribution in [0.15, 0.2) is 30.3 Å². The molecule has 1 aromatic carbocycles. The first-order valence-corrected chi connectivity index (χ1v) is 9.03. The fourth-order valence-corrected chi connectivity index (χ4v) is 4.03. The smallest absolute Gasteiger partial charge is 0.231 e. The van der Waals surface area contributed by atoms with E-state index in [0.29, 0.717) is 12.3 Å². The molecule has 2 heterocycles. The van der Waals surface area contributed by atoms with E-state index in [1.807, 2.05) is 30.3 Å². The molecule has 2 aromatic rings. The predicted octanol–water partition coefficient (Wildman–Crippen LogP) is 3.68. The standard InChI is InChI=1S/C15H14ClNO3S2/c16-14-4-2-11(22-14)7-21-8-15(18)17-6-10-1-3-12-13(5-10)20-9-19-12/h1-5H,6-9H2,(H,17,18). The Morgan fingerprint density at radius 3 is 2.95 bits per heavy atom. The average molecular weight is 356 g/mol. The van der Waals surface area contributed by atoms with Crippen molar-refractivity contribution >= 4 is 40.6 Å². The molecule has 22 heavy (non-hydrogen) atoms. The monoisotopic (exact) mass is 355 g/mol. The lowest BCUT2D eigenvalue weighted by atomic mass is 10.2. The van der Waals surface area contributed by atoms with E-state index in [1.165, 1.54) is 4.88 Å². The highest BCUT2D eigenvalue weighted by atomic mass is 35.5. The number of halogens is 1. The molecule has 0 radical (unpaired) electrons. The molecular weight excluding hydrogens is 342 g/mol. The van der Waals surface area contributed by atoms with E-state index in [1.54, 1.807) is 23.1 Å². The summed E-state index contributed by atoms with van der Waals surface area (Å²) in [6, 6.07) is 9.55. The van der Waals surface area contributed by atoms with Gasteiger partial charge in [0.2, 0.25) is 12.7 Å². The Bertz CT molecular complexity index is 675. The number of ether oxygens (including phenoxy) is 2. The minimum Gasteiger partial charge on any atom is -0.454 e. The minimum absolute atomic E-state index is 0.0188. The largest absolute Gasteiger partial charge is 0.454 e. The Balaban J connectivity index is 1.40. The van der Waals surface area contributed by atoms with E-state index in [-0.39, 0.29) is 12.7 Å². The first-order chi connectivity index (χ1) is 10.7. The maximum absolute atomic E-state index is 11.8. The van der Waals surface area contributed by atoms with E-state index in [0.717, 1.165) is 27.2 Å². The van der Waals surface area contributed by atoms with Crippen LogP contribution in [0.4, 0.5) is 0 Å². The van der Waals surface area contributed by atoms with E-state index >= 15 is 0 Å². The van der Waals surface area contributed by atoms with Crippen LogP contribution >= 0.6 is 34.7 Å². The van der Waals surface area contributed by atoms with Gasteiger partial charge in [0, 0.05) is 17.2 Å². The summed E-state index contributed by atoms with van der Waals surface area (Å²) < 4.78 is 11.3. The number of hydrogen-bond acceptors (Lipinski definition) is 5. The molecule has 0 saturated carbocycles. The molecule has 1 aliphatic heterocycles. The van der Waals surface area contributed by atoms with Gasteiger partial charge in [-0.25, -0.2) is 0 Å². The zero-order valence-electron chi connectivity index (χ0n) is 11.6. The Morgan fingerprint density at radius 2 is 2.14 bits per heavy atom. The van der Waals surface area contributed by atoms with Crippen molar-refractivity contribution in [2.45, 2.75) is 12.3 Å². The van der Waals surface area contributed by atoms with Crippen LogP contribution in [0, 0.1) is 0 Å². The molecular formula is C15H14ClNO3S2. The Morgan fingerprint density at radius 1 is 1.27 bits per heavy atom. The van der Waals surface area contributed by atoms with E-state index in [4.69, 9.17) is 21.1 Å². The lowest BCUT2D eigenvalue weighted by Crippen LogP contribution is -2.24. The van der Waals surface area contributed by atoms with Gasteiger partial charge in [-0.1, -0.05) is 17.7 Å². The molecule has 0 bridgehead atoms. The molecule has 0 saturated heterocycles. The summed E-state index contributed by atoms with van der Waals surface area (Å²) in [5.74, 6) is 2.73. The number of thioether (sulfide) groups is 1. The van der Waals surface area contributed by atoms with E-state index < -0.39 is 0 Å². The molecule has 3 rings (SSSR count). The summed E-state index contributed by atoms with van der Waals surface area (Å²) in [6.07, 6.45) is 0. The van der Waals surface area contributed by atoms with Gasteiger partial charge in [0.05, 0.1) is 10.1 Å². The summed E-state index contributed by atoms with van der Waals surface area (Å²) in [6.45, 7) is 0.745. The summed E-state index contributed by atoms with van der Waals surface area (Å²) in [5.41, 5.74) is 0.993. The van der Waals surface area contributed by atoms with Gasteiger partial charge >= 0.3 is 0 Å². The third-order valence-corrected chi connectivity index (χ3v) is 5.43. The van der Waals surface area contributed by atoms with Crippen LogP contribution in [0.25, 0.3) is 0 Å². The summed E-state index contributed by atoms with van der Waals surface area (Å²) in [5, 5.41) is 2.90. The molecule has 0 spiro atoms. The SMILES string of the molecule is O=C(CSCc1ccc(Cl)s1)NCc1ccc2c(c1)OCO2. The minimum atomic E-state index is 0.0188. The first-order valence-electron chi connectivity index (χ1n) is 6.68. The lowest BCUT2D eigenvalue weighted by molar-refractivity contribution is -0.118. The molecule has 0 aliphatic carbocycles. The van der Waals surface area contributed by atoms with Crippen molar-refractivity contribution in [3.63, 3.8) is 0 Å². The fraction of sp³-hybridized carbons (Fsp3) is 0.267. The van der Waals surface area contributed by atoms with Crippen molar-refractivity contribution in [2.75, 3.05) is 12.5 Å². The van der Waals surface area contributed by atoms with Gasteiger partial charge in [-0.2, -0.15) is 0 Å². The van der Waals surface area contributed by atoms with Crippen molar-refractivity contribution in [1.82, 2.24) is 5.32 Å². The summed E-state index contributed by atoms with van der Waals surface area (Å²) in [7, 11) is 0. The molecule has 1 N–H and O–H groups in total. The topological polar surface area (TPSA) is 47.6 Å². The number of nitrogens with one attached hydrogen (secondary N) is 1. The Labute approximate surface area is 141 Å². The zero-order chi connectivity index (χ0) is 15.4. The maximum atomic E-state index is 11.8. The van der Waals surface area contributed by atoms with E-state index in [9.17, 15) is 4.79 Å². The number of rotatable bonds is 6. The molecule has 1 aromatic heterocycles. The van der Waals surface area contributed by atoms with Crippen molar-refractivity contribution in [1.29, 1.82) is 0 Å². The number of carbonyl (C=O) groups excluding carboxylic acids is 1. The predicted molar refractivity (Wildman–Crippen MR) is 89.9 cm³/mol. The Kier molecular flexibility index (Phi) is 5.12. The lowest BCUT2D eigenvalue weighted by Gasteiger charge is -2.06. The number of fused-ring (bicyclic) bond motifs is 1. The quantitative estimate of drug-likeness (QED) is 0.858. The van der Waals surface area contributed by atoms with Crippen LogP contribution in [0.2, 0.25) is 4.34 Å². The van der Waals surface area contributed by atoms with Crippen LogP contribution in [0.1, 0.15) is 10.4 Å². The highest BCUT2D eigenvalue weighted by Crippen LogP contribution is 2.32. The van der Waals surface area contributed by atoms with E-state index in [2.05, 4.69) is 5.32 Å². The number of carbonyl (C=O) groups is 1. The highest BCUT2D eigenvalue weighted by Gasteiger charge is 2.13. The zero-order valence-corrected chi connectivity index (χ0v) is 14.0. The van der Waals surface area contributed by atoms with Gasteiger partial charge in [0.25, 0.3) is 0 Å². The number of hydrogen-bond donors (Lipinski definition) is 1. The normalized spacial score (nSPS) is 12.4. The van der Waals surface area contributed by atoms with Gasteiger partial charge < -0.3 is 14.8 Å². The van der Waals surface area contributed by atoms with Gasteiger partial charge in [0.1, 0.15) is 0 Å². The number of benzene rings is 1. The molecule has 116 valence electrons. The third-order valence-electron chi connectivity index (χ3n) is 3.03. The highest BCUT2D eigenvalue weighted by molar-refractivity contribution is 7.99. The van der Waals surface area contributed by atoms with Gasteiger partial charge in [-0.3, -0.25) is 4.79 Å². The second-order valence-corrected chi connectivity index (χ2v) is 7.45. The van der Waals surface area contributed by atoms with Crippen LogP contribution < -0.4 is 14.8 Å². The summed E-state index contributed by atoms with van der Waals surface area (Å²) in [4.78, 5) is 13.0. The molecule has 7 heteroatoms. The van der Waals surface area contributed by atoms with Crippen molar-refractivity contribution < 1.29 is 14.3 Å². The number of thiophene rings is 1. The Hall–Kier alpha value is -1.37. The molecule has 0 atom stereocenters. The van der Waals surface area contributed by atoms with Crippen LogP contribution in [-0.4, -0.2) is 18.5 Å². The van der Waals surface area contributed by atoms with Crippen molar-refractivity contribution in [2.24, 2.45) is 0 Å². The molecule has 1 aliphatic rings. The van der Waals surface area contributed by atoms with Crippen LogP contribution in [-0.2, 0) is 17.1 Å². The third kappa shape index (κ3) is 4.09. The van der Waals surface area contributed by atoms with Gasteiger partial charge in [0.15, 0.2) is 11.5 Å². The first kappa shape index (κ1) is 15.5. The molecule has 0 unspecified atom stereocenters. The molecule has 4 nitrogen and oxygen atoms in total. The van der Waals surface area contributed by atoms with Crippen LogP contribution in [0.5, 0.6) is 11.5 Å². The van der Waals surface area contributed by atoms with Crippen molar-refractivity contribution in [3.05, 3.63) is 45.1 Å². The maximum Gasteiger partial charge on any atom is 0.231 e. The second kappa shape index (κ2) is 7.26. The van der Waals surface area contributed by atoms with Gasteiger partial charge in [-0.15, -0.1) is 23.1 Å². The number of amides is 1.